The van der Waals surface area contributed by atoms with Crippen molar-refractivity contribution in [2.24, 2.45) is 0 Å². The van der Waals surface area contributed by atoms with Crippen LogP contribution in [0, 0.1) is 15.9 Å². The number of aromatic carboxylic acids is 1. The third kappa shape index (κ3) is 3.34. The first-order valence-electron chi connectivity index (χ1n) is 5.64. The van der Waals surface area contributed by atoms with Gasteiger partial charge in [0.1, 0.15) is 17.2 Å². The zero-order valence-electron chi connectivity index (χ0n) is 10.6. The second kappa shape index (κ2) is 6.14. The van der Waals surface area contributed by atoms with Crippen molar-refractivity contribution in [1.29, 1.82) is 0 Å². The predicted octanol–water partition coefficient (Wildman–Crippen LogP) is 3.00. The number of hydrogen-bond donors (Lipinski definition) is 1. The van der Waals surface area contributed by atoms with Crippen LogP contribution in [-0.4, -0.2) is 25.4 Å². The van der Waals surface area contributed by atoms with Gasteiger partial charge in [-0.3, -0.25) is 10.1 Å². The number of benzene rings is 1. The maximum absolute atomic E-state index is 13.7. The number of hydrogen-bond acceptors (Lipinski definition) is 7. The molecule has 0 unspecified atom stereocenters. The highest BCUT2D eigenvalue weighted by Gasteiger charge is 2.23. The fourth-order valence-electron chi connectivity index (χ4n) is 1.45. The molecule has 0 spiro atoms. The number of aromatic nitrogens is 2. The molecule has 21 heavy (non-hydrogen) atoms. The second-order valence-electron chi connectivity index (χ2n) is 3.79. The van der Waals surface area contributed by atoms with Gasteiger partial charge in [-0.15, -0.1) is 0 Å². The van der Waals surface area contributed by atoms with Crippen molar-refractivity contribution in [3.63, 3.8) is 0 Å². The maximum Gasteiger partial charge on any atom is 0.338 e. The van der Waals surface area contributed by atoms with Gasteiger partial charge in [0.15, 0.2) is 4.34 Å². The van der Waals surface area contributed by atoms with Crippen molar-refractivity contribution < 1.29 is 19.2 Å². The van der Waals surface area contributed by atoms with Gasteiger partial charge in [-0.05, 0) is 17.6 Å². The van der Waals surface area contributed by atoms with Crippen LogP contribution in [-0.2, 0) is 6.42 Å². The Balaban J connectivity index is 2.44. The first kappa shape index (κ1) is 15.3. The number of halogens is 1. The Hall–Kier alpha value is -2.07. The molecule has 1 aromatic carbocycles. The molecule has 2 aromatic rings. The molecule has 0 amide bonds. The molecular formula is C11H8FN3O4S2. The van der Waals surface area contributed by atoms with Crippen LogP contribution >= 0.6 is 23.3 Å². The lowest BCUT2D eigenvalue weighted by Gasteiger charge is -2.03. The molecule has 1 heterocycles. The van der Waals surface area contributed by atoms with Gasteiger partial charge >= 0.3 is 5.97 Å². The van der Waals surface area contributed by atoms with Crippen molar-refractivity contribution in [1.82, 2.24) is 9.36 Å². The van der Waals surface area contributed by atoms with Crippen LogP contribution in [0.5, 0.6) is 0 Å². The average molecular weight is 329 g/mol. The van der Waals surface area contributed by atoms with Gasteiger partial charge in [0, 0.05) is 12.5 Å². The van der Waals surface area contributed by atoms with Gasteiger partial charge in [0.05, 0.1) is 9.82 Å². The van der Waals surface area contributed by atoms with Crippen LogP contribution in [0.3, 0.4) is 0 Å². The molecule has 1 aromatic heterocycles. The van der Waals surface area contributed by atoms with Crippen LogP contribution in [0.4, 0.5) is 10.1 Å². The molecule has 10 heteroatoms. The molecule has 2 rings (SSSR count). The molecule has 0 saturated carbocycles. The Morgan fingerprint density at radius 3 is 2.81 bits per heavy atom. The lowest BCUT2D eigenvalue weighted by molar-refractivity contribution is -0.387. The Kier molecular flexibility index (Phi) is 4.48. The number of nitrogens with zero attached hydrogens (tertiary/aromatic N) is 3. The fourth-order valence-corrected chi connectivity index (χ4v) is 3.22. The van der Waals surface area contributed by atoms with Crippen molar-refractivity contribution in [3.05, 3.63) is 39.5 Å². The summed E-state index contributed by atoms with van der Waals surface area (Å²) in [6.07, 6.45) is 0.617. The van der Waals surface area contributed by atoms with Crippen molar-refractivity contribution in [2.75, 3.05) is 0 Å². The topological polar surface area (TPSA) is 106 Å². The third-order valence-electron chi connectivity index (χ3n) is 2.44. The van der Waals surface area contributed by atoms with Crippen molar-refractivity contribution >= 4 is 35.0 Å². The van der Waals surface area contributed by atoms with Gasteiger partial charge in [-0.25, -0.2) is 14.2 Å². The lowest BCUT2D eigenvalue weighted by atomic mass is 10.2. The van der Waals surface area contributed by atoms with E-state index in [0.717, 1.165) is 29.4 Å². The van der Waals surface area contributed by atoms with E-state index in [1.807, 2.05) is 6.92 Å². The molecule has 0 aliphatic heterocycles. The number of nitro groups is 1. The SMILES string of the molecule is CCc1nsc(Sc2cc(F)c(C(=O)O)cc2[N+](=O)[O-])n1. The minimum absolute atomic E-state index is 0.0127. The molecule has 0 fully saturated rings. The number of rotatable bonds is 5. The maximum atomic E-state index is 13.7. The first-order chi connectivity index (χ1) is 9.92. The van der Waals surface area contributed by atoms with E-state index in [0.29, 0.717) is 22.7 Å². The van der Waals surface area contributed by atoms with Gasteiger partial charge in [0.2, 0.25) is 0 Å². The highest BCUT2D eigenvalue weighted by molar-refractivity contribution is 8.01. The molecular weight excluding hydrogens is 321 g/mol. The number of aryl methyl sites for hydroxylation is 1. The van der Waals surface area contributed by atoms with Crippen molar-refractivity contribution in [3.8, 4) is 0 Å². The van der Waals surface area contributed by atoms with Gasteiger partial charge < -0.3 is 5.11 Å². The van der Waals surface area contributed by atoms with E-state index < -0.39 is 28.0 Å². The molecule has 0 radical (unpaired) electrons. The highest BCUT2D eigenvalue weighted by atomic mass is 32.2. The summed E-state index contributed by atoms with van der Waals surface area (Å²) < 4.78 is 18.1. The summed E-state index contributed by atoms with van der Waals surface area (Å²) in [7, 11) is 0. The number of nitro benzene ring substituents is 1. The van der Waals surface area contributed by atoms with E-state index in [2.05, 4.69) is 9.36 Å². The number of carboxylic acid groups (broad SMARTS) is 1. The largest absolute Gasteiger partial charge is 0.478 e. The molecule has 0 aliphatic carbocycles. The van der Waals surface area contributed by atoms with Gasteiger partial charge in [0.25, 0.3) is 5.69 Å². The second-order valence-corrected chi connectivity index (χ2v) is 5.84. The minimum atomic E-state index is -1.56. The Morgan fingerprint density at radius 1 is 1.57 bits per heavy atom. The normalized spacial score (nSPS) is 10.6. The summed E-state index contributed by atoms with van der Waals surface area (Å²) in [4.78, 5) is 25.2. The van der Waals surface area contributed by atoms with E-state index >= 15 is 0 Å². The standard InChI is InChI=1S/C11H8FN3O4S2/c1-2-9-13-11(21-14-9)20-8-4-6(12)5(10(16)17)3-7(8)15(18)19/h3-4H,2H2,1H3,(H,16,17). The molecule has 0 aliphatic rings. The van der Waals surface area contributed by atoms with Crippen molar-refractivity contribution in [2.45, 2.75) is 22.6 Å². The van der Waals surface area contributed by atoms with Gasteiger partial charge in [-0.1, -0.05) is 18.7 Å². The molecule has 110 valence electrons. The summed E-state index contributed by atoms with van der Waals surface area (Å²) in [5.74, 6) is -2.00. The molecule has 0 atom stereocenters. The van der Waals surface area contributed by atoms with E-state index in [4.69, 9.17) is 5.11 Å². The zero-order chi connectivity index (χ0) is 15.6. The number of carboxylic acids is 1. The number of carbonyl (C=O) groups is 1. The highest BCUT2D eigenvalue weighted by Crippen LogP contribution is 2.37. The summed E-state index contributed by atoms with van der Waals surface area (Å²) >= 11 is 1.93. The third-order valence-corrected chi connectivity index (χ3v) is 4.27. The van der Waals surface area contributed by atoms with E-state index in [9.17, 15) is 19.3 Å². The first-order valence-corrected chi connectivity index (χ1v) is 7.23. The van der Waals surface area contributed by atoms with E-state index in [-0.39, 0.29) is 4.90 Å². The summed E-state index contributed by atoms with van der Waals surface area (Å²) in [6, 6.07) is 1.54. The van der Waals surface area contributed by atoms with Crippen LogP contribution < -0.4 is 0 Å². The van der Waals surface area contributed by atoms with E-state index in [1.165, 1.54) is 0 Å². The monoisotopic (exact) mass is 329 g/mol. The van der Waals surface area contributed by atoms with Gasteiger partial charge in [-0.2, -0.15) is 4.37 Å². The van der Waals surface area contributed by atoms with E-state index in [1.54, 1.807) is 0 Å². The molecule has 0 bridgehead atoms. The summed E-state index contributed by atoms with van der Waals surface area (Å²) in [5, 5.41) is 19.8. The zero-order valence-corrected chi connectivity index (χ0v) is 12.2. The fraction of sp³-hybridized carbons (Fsp3) is 0.182. The Bertz CT molecular complexity index is 719. The van der Waals surface area contributed by atoms with Crippen LogP contribution in [0.15, 0.2) is 21.4 Å². The Morgan fingerprint density at radius 2 is 2.29 bits per heavy atom. The quantitative estimate of drug-likeness (QED) is 0.663. The van der Waals surface area contributed by atoms with Crippen LogP contribution in [0.25, 0.3) is 0 Å². The average Bonchev–Trinajstić information content (AvgIpc) is 2.85. The van der Waals surface area contributed by atoms with Crippen LogP contribution in [0.2, 0.25) is 0 Å². The molecule has 1 N–H and O–H groups in total. The minimum Gasteiger partial charge on any atom is -0.478 e. The Labute approximate surface area is 126 Å². The molecule has 0 saturated heterocycles. The molecule has 7 nitrogen and oxygen atoms in total. The lowest BCUT2D eigenvalue weighted by Crippen LogP contribution is -2.03. The summed E-state index contributed by atoms with van der Waals surface area (Å²) in [6.45, 7) is 1.86. The van der Waals surface area contributed by atoms with Crippen LogP contribution in [0.1, 0.15) is 23.1 Å². The smallest absolute Gasteiger partial charge is 0.338 e. The predicted molar refractivity (Wildman–Crippen MR) is 73.4 cm³/mol. The summed E-state index contributed by atoms with van der Waals surface area (Å²) in [5.41, 5.74) is -1.22.